The van der Waals surface area contributed by atoms with Crippen molar-refractivity contribution in [2.45, 2.75) is 18.5 Å². The van der Waals surface area contributed by atoms with Gasteiger partial charge in [-0.05, 0) is 37.2 Å². The molecular formula is C17H16F3N3O. The van der Waals surface area contributed by atoms with Crippen molar-refractivity contribution in [1.29, 1.82) is 0 Å². The molecule has 24 heavy (non-hydrogen) atoms. The molecule has 1 aliphatic rings. The van der Waals surface area contributed by atoms with Gasteiger partial charge in [0.05, 0.1) is 23.8 Å². The number of hydrogen-bond acceptors (Lipinski definition) is 3. The first kappa shape index (κ1) is 16.4. The van der Waals surface area contributed by atoms with Gasteiger partial charge in [-0.3, -0.25) is 14.7 Å². The van der Waals surface area contributed by atoms with Crippen molar-refractivity contribution < 1.29 is 18.0 Å². The van der Waals surface area contributed by atoms with Crippen LogP contribution in [0.2, 0.25) is 0 Å². The van der Waals surface area contributed by atoms with Gasteiger partial charge in [0.15, 0.2) is 17.5 Å². The minimum Gasteiger partial charge on any atom is -0.347 e. The van der Waals surface area contributed by atoms with E-state index in [-0.39, 0.29) is 17.6 Å². The van der Waals surface area contributed by atoms with Crippen LogP contribution in [0.25, 0.3) is 0 Å². The fourth-order valence-corrected chi connectivity index (χ4v) is 3.09. The molecule has 1 N–H and O–H groups in total. The standard InChI is InChI=1S/C17H16F3N3O/c1-23-7-5-15(16(23)10-2-3-12(18)13(19)8-10)22-17(24)11-4-6-21-9-14(11)20/h2-4,6,8-9,15-16H,5,7H2,1H3,(H,22,24)/t15-,16-/m1/s1. The number of carbonyl (C=O) groups is 1. The number of aromatic nitrogens is 1. The molecule has 7 heteroatoms. The molecule has 0 spiro atoms. The average Bonchev–Trinajstić information content (AvgIpc) is 2.91. The lowest BCUT2D eigenvalue weighted by Crippen LogP contribution is -2.39. The van der Waals surface area contributed by atoms with Gasteiger partial charge in [0.1, 0.15) is 0 Å². The molecule has 0 aliphatic carbocycles. The summed E-state index contributed by atoms with van der Waals surface area (Å²) in [6.07, 6.45) is 2.94. The average molecular weight is 335 g/mol. The molecule has 3 rings (SSSR count). The predicted octanol–water partition coefficient (Wildman–Crippen LogP) is 2.67. The molecule has 2 heterocycles. The lowest BCUT2D eigenvalue weighted by molar-refractivity contribution is 0.0923. The second-order valence-electron chi connectivity index (χ2n) is 5.82. The van der Waals surface area contributed by atoms with Gasteiger partial charge in [-0.2, -0.15) is 0 Å². The normalized spacial score (nSPS) is 21.0. The van der Waals surface area contributed by atoms with Crippen LogP contribution in [0.5, 0.6) is 0 Å². The van der Waals surface area contributed by atoms with E-state index in [0.717, 1.165) is 18.3 Å². The molecule has 1 aliphatic heterocycles. The smallest absolute Gasteiger partial charge is 0.254 e. The molecule has 1 saturated heterocycles. The summed E-state index contributed by atoms with van der Waals surface area (Å²) in [5, 5.41) is 2.78. The number of likely N-dealkylation sites (tertiary alicyclic amines) is 1. The number of benzene rings is 1. The van der Waals surface area contributed by atoms with Gasteiger partial charge in [0.25, 0.3) is 5.91 Å². The van der Waals surface area contributed by atoms with Crippen LogP contribution >= 0.6 is 0 Å². The molecular weight excluding hydrogens is 319 g/mol. The lowest BCUT2D eigenvalue weighted by Gasteiger charge is -2.26. The monoisotopic (exact) mass is 335 g/mol. The zero-order valence-electron chi connectivity index (χ0n) is 13.0. The van der Waals surface area contributed by atoms with E-state index in [1.165, 1.54) is 18.3 Å². The third-order valence-electron chi connectivity index (χ3n) is 4.27. The maximum Gasteiger partial charge on any atom is 0.254 e. The molecule has 2 aromatic rings. The van der Waals surface area contributed by atoms with Gasteiger partial charge in [-0.1, -0.05) is 6.07 Å². The molecule has 0 radical (unpaired) electrons. The van der Waals surface area contributed by atoms with Gasteiger partial charge < -0.3 is 5.32 Å². The Labute approximate surface area is 137 Å². The van der Waals surface area contributed by atoms with Gasteiger partial charge in [-0.25, -0.2) is 13.2 Å². The third kappa shape index (κ3) is 3.12. The number of halogens is 3. The van der Waals surface area contributed by atoms with Gasteiger partial charge in [0.2, 0.25) is 0 Å². The Morgan fingerprint density at radius 1 is 1.21 bits per heavy atom. The fourth-order valence-electron chi connectivity index (χ4n) is 3.09. The Kier molecular flexibility index (Phi) is 4.53. The Morgan fingerprint density at radius 3 is 2.71 bits per heavy atom. The van der Waals surface area contributed by atoms with Crippen molar-refractivity contribution >= 4 is 5.91 Å². The number of carbonyl (C=O) groups excluding carboxylic acids is 1. The van der Waals surface area contributed by atoms with Crippen LogP contribution in [-0.4, -0.2) is 35.4 Å². The molecule has 1 aromatic carbocycles. The van der Waals surface area contributed by atoms with E-state index in [9.17, 15) is 18.0 Å². The zero-order valence-corrected chi connectivity index (χ0v) is 13.0. The van der Waals surface area contributed by atoms with Gasteiger partial charge >= 0.3 is 0 Å². The largest absolute Gasteiger partial charge is 0.347 e. The maximum absolute atomic E-state index is 13.7. The molecule has 0 unspecified atom stereocenters. The van der Waals surface area contributed by atoms with Crippen LogP contribution < -0.4 is 5.32 Å². The van der Waals surface area contributed by atoms with E-state index in [0.29, 0.717) is 18.5 Å². The van der Waals surface area contributed by atoms with Crippen molar-refractivity contribution in [2.75, 3.05) is 13.6 Å². The Hall–Kier alpha value is -2.41. The van der Waals surface area contributed by atoms with Crippen LogP contribution in [0.15, 0.2) is 36.7 Å². The summed E-state index contributed by atoms with van der Waals surface area (Å²) in [5.74, 6) is -3.11. The quantitative estimate of drug-likeness (QED) is 0.938. The highest BCUT2D eigenvalue weighted by Gasteiger charge is 2.35. The summed E-state index contributed by atoms with van der Waals surface area (Å²) in [6, 6.07) is 4.35. The topological polar surface area (TPSA) is 45.2 Å². The predicted molar refractivity (Wildman–Crippen MR) is 81.8 cm³/mol. The van der Waals surface area contributed by atoms with E-state index in [1.807, 2.05) is 11.9 Å². The Morgan fingerprint density at radius 2 is 2.00 bits per heavy atom. The van der Waals surface area contributed by atoms with Crippen molar-refractivity contribution in [3.05, 3.63) is 65.2 Å². The molecule has 1 fully saturated rings. The van der Waals surface area contributed by atoms with Gasteiger partial charge in [0, 0.05) is 12.7 Å². The number of nitrogens with one attached hydrogen (secondary N) is 1. The summed E-state index contributed by atoms with van der Waals surface area (Å²) in [6.45, 7) is 0.674. The van der Waals surface area contributed by atoms with Crippen LogP contribution in [-0.2, 0) is 0 Å². The van der Waals surface area contributed by atoms with E-state index in [2.05, 4.69) is 10.3 Å². The van der Waals surface area contributed by atoms with Crippen LogP contribution in [0.4, 0.5) is 13.2 Å². The molecule has 2 atom stereocenters. The lowest BCUT2D eigenvalue weighted by atomic mass is 9.99. The summed E-state index contributed by atoms with van der Waals surface area (Å²) in [4.78, 5) is 17.9. The summed E-state index contributed by atoms with van der Waals surface area (Å²) >= 11 is 0. The SMILES string of the molecule is CN1CC[C@@H](NC(=O)c2ccncc2F)[C@H]1c1ccc(F)c(F)c1. The second kappa shape index (κ2) is 6.60. The van der Waals surface area contributed by atoms with E-state index in [1.54, 1.807) is 0 Å². The van der Waals surface area contributed by atoms with Gasteiger partial charge in [-0.15, -0.1) is 0 Å². The second-order valence-corrected chi connectivity index (χ2v) is 5.82. The molecule has 0 bridgehead atoms. The fraction of sp³-hybridized carbons (Fsp3) is 0.294. The minimum atomic E-state index is -0.932. The van der Waals surface area contributed by atoms with Crippen molar-refractivity contribution in [3.63, 3.8) is 0 Å². The van der Waals surface area contributed by atoms with Crippen molar-refractivity contribution in [1.82, 2.24) is 15.2 Å². The van der Waals surface area contributed by atoms with E-state index >= 15 is 0 Å². The molecule has 0 saturated carbocycles. The number of pyridine rings is 1. The van der Waals surface area contributed by atoms with E-state index in [4.69, 9.17) is 0 Å². The first-order chi connectivity index (χ1) is 11.5. The van der Waals surface area contributed by atoms with Crippen LogP contribution in [0.3, 0.4) is 0 Å². The highest BCUT2D eigenvalue weighted by molar-refractivity contribution is 5.94. The van der Waals surface area contributed by atoms with Crippen molar-refractivity contribution in [2.24, 2.45) is 0 Å². The Bertz CT molecular complexity index is 768. The number of nitrogens with zero attached hydrogens (tertiary/aromatic N) is 2. The first-order valence-electron chi connectivity index (χ1n) is 7.53. The highest BCUT2D eigenvalue weighted by atomic mass is 19.2. The highest BCUT2D eigenvalue weighted by Crippen LogP contribution is 2.32. The first-order valence-corrected chi connectivity index (χ1v) is 7.53. The summed E-state index contributed by atoms with van der Waals surface area (Å²) < 4.78 is 40.4. The Balaban J connectivity index is 1.83. The molecule has 4 nitrogen and oxygen atoms in total. The summed E-state index contributed by atoms with van der Waals surface area (Å²) in [7, 11) is 1.84. The molecule has 126 valence electrons. The number of likely N-dealkylation sites (N-methyl/N-ethyl adjacent to an activating group) is 1. The van der Waals surface area contributed by atoms with Crippen LogP contribution in [0.1, 0.15) is 28.4 Å². The summed E-state index contributed by atoms with van der Waals surface area (Å²) in [5.41, 5.74) is 0.470. The van der Waals surface area contributed by atoms with Crippen molar-refractivity contribution in [3.8, 4) is 0 Å². The number of rotatable bonds is 3. The van der Waals surface area contributed by atoms with E-state index < -0.39 is 23.4 Å². The third-order valence-corrected chi connectivity index (χ3v) is 4.27. The molecule has 1 aromatic heterocycles. The number of amides is 1. The number of hydrogen-bond donors (Lipinski definition) is 1. The maximum atomic E-state index is 13.7. The zero-order chi connectivity index (χ0) is 17.3. The minimum absolute atomic E-state index is 0.0939. The molecule has 1 amide bonds. The van der Waals surface area contributed by atoms with Crippen LogP contribution in [0, 0.1) is 17.5 Å².